The van der Waals surface area contributed by atoms with Gasteiger partial charge in [-0.2, -0.15) is 0 Å². The van der Waals surface area contributed by atoms with Crippen LogP contribution in [0.2, 0.25) is 0 Å². The summed E-state index contributed by atoms with van der Waals surface area (Å²) in [5.74, 6) is -0.822. The number of nitrogens with zero attached hydrogens (tertiary/aromatic N) is 5. The van der Waals surface area contributed by atoms with Gasteiger partial charge in [-0.15, -0.1) is 5.10 Å². The van der Waals surface area contributed by atoms with Crippen molar-refractivity contribution in [2.45, 2.75) is 19.5 Å². The van der Waals surface area contributed by atoms with Gasteiger partial charge in [-0.05, 0) is 20.0 Å². The lowest BCUT2D eigenvalue weighted by atomic mass is 10.1. The van der Waals surface area contributed by atoms with E-state index in [1.165, 1.54) is 6.20 Å². The largest absolute Gasteiger partial charge is 0.480 e. The van der Waals surface area contributed by atoms with Crippen molar-refractivity contribution in [3.05, 3.63) is 11.9 Å². The van der Waals surface area contributed by atoms with Crippen LogP contribution in [0.1, 0.15) is 17.4 Å². The minimum absolute atomic E-state index is 0.192. The quantitative estimate of drug-likeness (QED) is 0.791. The minimum atomic E-state index is -1.02. The molecule has 0 bridgehead atoms. The van der Waals surface area contributed by atoms with E-state index in [-0.39, 0.29) is 18.1 Å². The molecule has 0 radical (unpaired) electrons. The molecule has 1 aliphatic heterocycles. The SMILES string of the molecule is CC1CN(C(=O)c2cn(CC(=O)O)nn2)CC1N(C)C. The Kier molecular flexibility index (Phi) is 4.03. The van der Waals surface area contributed by atoms with E-state index in [4.69, 9.17) is 5.11 Å². The van der Waals surface area contributed by atoms with Crippen molar-refractivity contribution >= 4 is 11.9 Å². The molecule has 20 heavy (non-hydrogen) atoms. The summed E-state index contributed by atoms with van der Waals surface area (Å²) in [4.78, 5) is 26.7. The Bertz CT molecular complexity index is 513. The summed E-state index contributed by atoms with van der Waals surface area (Å²) in [6, 6.07) is 0.327. The predicted molar refractivity (Wildman–Crippen MR) is 70.2 cm³/mol. The van der Waals surface area contributed by atoms with E-state index >= 15 is 0 Å². The Labute approximate surface area is 117 Å². The molecule has 2 rings (SSSR count). The van der Waals surface area contributed by atoms with Gasteiger partial charge in [0, 0.05) is 19.1 Å². The zero-order valence-electron chi connectivity index (χ0n) is 11.9. The normalized spacial score (nSPS) is 22.5. The zero-order chi connectivity index (χ0) is 14.9. The number of carbonyl (C=O) groups is 2. The van der Waals surface area contributed by atoms with E-state index in [1.807, 2.05) is 14.1 Å². The van der Waals surface area contributed by atoms with Crippen molar-refractivity contribution in [3.8, 4) is 0 Å². The fourth-order valence-corrected chi connectivity index (χ4v) is 2.56. The molecule has 0 aliphatic carbocycles. The molecule has 2 heterocycles. The number of rotatable bonds is 4. The first kappa shape index (κ1) is 14.4. The molecule has 0 spiro atoms. The number of amides is 1. The molecule has 0 saturated carbocycles. The molecule has 1 aliphatic rings. The standard InChI is InChI=1S/C12H19N5O3/c1-8-4-16(6-10(8)15(2)3)12(20)9-5-17(14-13-9)7-11(18)19/h5,8,10H,4,6-7H2,1-3H3,(H,18,19). The van der Waals surface area contributed by atoms with Gasteiger partial charge >= 0.3 is 5.97 Å². The maximum atomic E-state index is 12.3. The molecule has 8 nitrogen and oxygen atoms in total. The number of hydrogen-bond acceptors (Lipinski definition) is 5. The molecular weight excluding hydrogens is 262 g/mol. The van der Waals surface area contributed by atoms with E-state index in [9.17, 15) is 9.59 Å². The Morgan fingerprint density at radius 1 is 1.45 bits per heavy atom. The fourth-order valence-electron chi connectivity index (χ4n) is 2.56. The highest BCUT2D eigenvalue weighted by molar-refractivity contribution is 5.92. The van der Waals surface area contributed by atoms with Crippen molar-refractivity contribution < 1.29 is 14.7 Å². The highest BCUT2D eigenvalue weighted by atomic mass is 16.4. The van der Waals surface area contributed by atoms with Gasteiger partial charge in [-0.1, -0.05) is 12.1 Å². The Morgan fingerprint density at radius 3 is 2.70 bits per heavy atom. The summed E-state index contributed by atoms with van der Waals surface area (Å²) in [6.07, 6.45) is 1.38. The van der Waals surface area contributed by atoms with E-state index in [2.05, 4.69) is 22.1 Å². The first-order chi connectivity index (χ1) is 9.38. The third-order valence-electron chi connectivity index (χ3n) is 3.58. The lowest BCUT2D eigenvalue weighted by Gasteiger charge is -2.22. The smallest absolute Gasteiger partial charge is 0.325 e. The van der Waals surface area contributed by atoms with E-state index in [1.54, 1.807) is 4.90 Å². The number of aromatic nitrogens is 3. The molecule has 0 aromatic carbocycles. The van der Waals surface area contributed by atoms with Crippen LogP contribution in [0.25, 0.3) is 0 Å². The number of aliphatic carboxylic acids is 1. The summed E-state index contributed by atoms with van der Waals surface area (Å²) in [7, 11) is 4.00. The number of carbonyl (C=O) groups excluding carboxylic acids is 1. The van der Waals surface area contributed by atoms with Gasteiger partial charge in [0.15, 0.2) is 5.69 Å². The molecule has 1 fully saturated rings. The fraction of sp³-hybridized carbons (Fsp3) is 0.667. The number of likely N-dealkylation sites (tertiary alicyclic amines) is 1. The second-order valence-electron chi connectivity index (χ2n) is 5.41. The van der Waals surface area contributed by atoms with Crippen molar-refractivity contribution in [1.29, 1.82) is 0 Å². The highest BCUT2D eigenvalue weighted by Gasteiger charge is 2.34. The lowest BCUT2D eigenvalue weighted by Crippen LogP contribution is -2.35. The van der Waals surface area contributed by atoms with Gasteiger partial charge < -0.3 is 14.9 Å². The van der Waals surface area contributed by atoms with Crippen molar-refractivity contribution in [1.82, 2.24) is 24.8 Å². The second-order valence-corrected chi connectivity index (χ2v) is 5.41. The van der Waals surface area contributed by atoms with E-state index in [0.717, 1.165) is 4.68 Å². The molecule has 2 atom stereocenters. The molecule has 1 aromatic heterocycles. The molecule has 1 saturated heterocycles. The molecule has 8 heteroatoms. The van der Waals surface area contributed by atoms with Gasteiger partial charge in [0.2, 0.25) is 0 Å². The maximum Gasteiger partial charge on any atom is 0.325 e. The van der Waals surface area contributed by atoms with Crippen LogP contribution in [0.3, 0.4) is 0 Å². The van der Waals surface area contributed by atoms with Crippen LogP contribution < -0.4 is 0 Å². The van der Waals surface area contributed by atoms with Crippen LogP contribution >= 0.6 is 0 Å². The molecule has 1 amide bonds. The lowest BCUT2D eigenvalue weighted by molar-refractivity contribution is -0.137. The number of carboxylic acid groups (broad SMARTS) is 1. The van der Waals surface area contributed by atoms with Crippen molar-refractivity contribution in [2.75, 3.05) is 27.2 Å². The van der Waals surface area contributed by atoms with Crippen LogP contribution in [-0.2, 0) is 11.3 Å². The van der Waals surface area contributed by atoms with Crippen LogP contribution in [0.5, 0.6) is 0 Å². The molecule has 2 unspecified atom stereocenters. The number of hydrogen-bond donors (Lipinski definition) is 1. The van der Waals surface area contributed by atoms with Gasteiger partial charge in [-0.25, -0.2) is 4.68 Å². The van der Waals surface area contributed by atoms with Crippen LogP contribution in [0.15, 0.2) is 6.20 Å². The first-order valence-corrected chi connectivity index (χ1v) is 6.46. The third-order valence-corrected chi connectivity index (χ3v) is 3.58. The summed E-state index contributed by atoms with van der Waals surface area (Å²) in [5, 5.41) is 16.1. The summed E-state index contributed by atoms with van der Waals surface area (Å²) in [5.41, 5.74) is 0.192. The maximum absolute atomic E-state index is 12.3. The molecular formula is C12H19N5O3. The zero-order valence-corrected chi connectivity index (χ0v) is 11.9. The van der Waals surface area contributed by atoms with Gasteiger partial charge in [0.25, 0.3) is 5.91 Å². The minimum Gasteiger partial charge on any atom is -0.480 e. The van der Waals surface area contributed by atoms with Gasteiger partial charge in [-0.3, -0.25) is 9.59 Å². The van der Waals surface area contributed by atoms with Crippen LogP contribution in [-0.4, -0.2) is 75.0 Å². The molecule has 110 valence electrons. The monoisotopic (exact) mass is 281 g/mol. The Hall–Kier alpha value is -1.96. The van der Waals surface area contributed by atoms with Crippen molar-refractivity contribution in [3.63, 3.8) is 0 Å². The number of carboxylic acids is 1. The number of likely N-dealkylation sites (N-methyl/N-ethyl adjacent to an activating group) is 1. The topological polar surface area (TPSA) is 91.6 Å². The third kappa shape index (κ3) is 2.96. The summed E-state index contributed by atoms with van der Waals surface area (Å²) >= 11 is 0. The Balaban J connectivity index is 2.05. The highest BCUT2D eigenvalue weighted by Crippen LogP contribution is 2.21. The predicted octanol–water partition coefficient (Wildman–Crippen LogP) is -0.615. The van der Waals surface area contributed by atoms with Crippen LogP contribution in [0, 0.1) is 5.92 Å². The Morgan fingerprint density at radius 2 is 2.15 bits per heavy atom. The van der Waals surface area contributed by atoms with Crippen molar-refractivity contribution in [2.24, 2.45) is 5.92 Å². The molecule has 1 N–H and O–H groups in total. The summed E-state index contributed by atoms with van der Waals surface area (Å²) in [6.45, 7) is 3.14. The average molecular weight is 281 g/mol. The molecule has 1 aromatic rings. The second kappa shape index (κ2) is 5.58. The van der Waals surface area contributed by atoms with E-state index < -0.39 is 5.97 Å². The van der Waals surface area contributed by atoms with E-state index in [0.29, 0.717) is 25.0 Å². The first-order valence-electron chi connectivity index (χ1n) is 6.46. The summed E-state index contributed by atoms with van der Waals surface area (Å²) < 4.78 is 1.15. The van der Waals surface area contributed by atoms with Crippen LogP contribution in [0.4, 0.5) is 0 Å². The van der Waals surface area contributed by atoms with Gasteiger partial charge in [0.05, 0.1) is 6.20 Å². The van der Waals surface area contributed by atoms with Gasteiger partial charge in [0.1, 0.15) is 6.54 Å². The average Bonchev–Trinajstić information content (AvgIpc) is 2.94.